The molecule has 0 spiro atoms. The van der Waals surface area contributed by atoms with E-state index < -0.39 is 0 Å². The Hall–Kier alpha value is -2.20. The molecule has 0 bridgehead atoms. The molecule has 0 atom stereocenters. The largest absolute Gasteiger partial charge is 0.491 e. The van der Waals surface area contributed by atoms with E-state index in [0.717, 1.165) is 17.0 Å². The Balaban J connectivity index is 1.88. The minimum absolute atomic E-state index is 0.122. The standard InChI is InChI=1S/C20H25ClN2O2/c1-14(2)25-18-11-9-17(10-12-18)23-19(24)22-13-20(3,4)15-5-7-16(21)8-6-15/h5-12,14H,13H2,1-4H3,(H2,22,23,24). The van der Waals surface area contributed by atoms with Crippen molar-refractivity contribution in [2.45, 2.75) is 39.2 Å². The van der Waals surface area contributed by atoms with Gasteiger partial charge < -0.3 is 15.4 Å². The van der Waals surface area contributed by atoms with Gasteiger partial charge in [0, 0.05) is 22.7 Å². The van der Waals surface area contributed by atoms with Crippen LogP contribution >= 0.6 is 11.6 Å². The minimum atomic E-state index is -0.237. The summed E-state index contributed by atoms with van der Waals surface area (Å²) in [5.41, 5.74) is 1.64. The van der Waals surface area contributed by atoms with Crippen molar-refractivity contribution in [3.05, 3.63) is 59.1 Å². The van der Waals surface area contributed by atoms with Gasteiger partial charge in [0.2, 0.25) is 0 Å². The molecule has 2 amide bonds. The highest BCUT2D eigenvalue weighted by Crippen LogP contribution is 2.24. The maximum absolute atomic E-state index is 12.1. The van der Waals surface area contributed by atoms with Gasteiger partial charge in [0.05, 0.1) is 6.10 Å². The number of hydrogen-bond donors (Lipinski definition) is 2. The summed E-state index contributed by atoms with van der Waals surface area (Å²) in [6.45, 7) is 8.61. The normalized spacial score (nSPS) is 11.3. The number of carbonyl (C=O) groups is 1. The Bertz CT molecular complexity index is 695. The fourth-order valence-electron chi connectivity index (χ4n) is 2.37. The molecule has 0 aliphatic heterocycles. The highest BCUT2D eigenvalue weighted by molar-refractivity contribution is 6.30. The molecule has 0 aliphatic carbocycles. The molecule has 0 fully saturated rings. The lowest BCUT2D eigenvalue weighted by molar-refractivity contribution is 0.242. The fraction of sp³-hybridized carbons (Fsp3) is 0.350. The molecular weight excluding hydrogens is 336 g/mol. The first-order valence-corrected chi connectivity index (χ1v) is 8.72. The SMILES string of the molecule is CC(C)Oc1ccc(NC(=O)NCC(C)(C)c2ccc(Cl)cc2)cc1. The summed E-state index contributed by atoms with van der Waals surface area (Å²) in [7, 11) is 0. The zero-order chi connectivity index (χ0) is 18.4. The number of amides is 2. The van der Waals surface area contributed by atoms with Crippen molar-refractivity contribution in [2.24, 2.45) is 0 Å². The Labute approximate surface area is 154 Å². The summed E-state index contributed by atoms with van der Waals surface area (Å²) in [6.07, 6.45) is 0.122. The molecule has 4 nitrogen and oxygen atoms in total. The van der Waals surface area contributed by atoms with Crippen molar-refractivity contribution in [1.29, 1.82) is 0 Å². The van der Waals surface area contributed by atoms with Crippen LogP contribution in [-0.4, -0.2) is 18.7 Å². The highest BCUT2D eigenvalue weighted by atomic mass is 35.5. The van der Waals surface area contributed by atoms with E-state index in [9.17, 15) is 4.79 Å². The van der Waals surface area contributed by atoms with Crippen LogP contribution < -0.4 is 15.4 Å². The number of urea groups is 1. The van der Waals surface area contributed by atoms with Gasteiger partial charge in [0.25, 0.3) is 0 Å². The predicted octanol–water partition coefficient (Wildman–Crippen LogP) is 5.23. The molecule has 2 N–H and O–H groups in total. The van der Waals surface area contributed by atoms with Crippen LogP contribution in [0.1, 0.15) is 33.3 Å². The van der Waals surface area contributed by atoms with E-state index in [-0.39, 0.29) is 17.6 Å². The molecule has 0 heterocycles. The van der Waals surface area contributed by atoms with Crippen LogP contribution in [0.3, 0.4) is 0 Å². The third-order valence-electron chi connectivity index (χ3n) is 3.80. The molecule has 0 aliphatic rings. The molecule has 0 unspecified atom stereocenters. The summed E-state index contributed by atoms with van der Waals surface area (Å²) in [4.78, 5) is 12.1. The smallest absolute Gasteiger partial charge is 0.319 e. The molecule has 134 valence electrons. The second-order valence-electron chi connectivity index (χ2n) is 6.89. The summed E-state index contributed by atoms with van der Waals surface area (Å²) < 4.78 is 5.59. The van der Waals surface area contributed by atoms with Gasteiger partial charge in [-0.3, -0.25) is 0 Å². The number of ether oxygens (including phenoxy) is 1. The van der Waals surface area contributed by atoms with Crippen molar-refractivity contribution in [3.63, 3.8) is 0 Å². The second kappa shape index (κ2) is 8.26. The van der Waals surface area contributed by atoms with Crippen molar-refractivity contribution >= 4 is 23.3 Å². The Morgan fingerprint density at radius 1 is 1.08 bits per heavy atom. The zero-order valence-electron chi connectivity index (χ0n) is 15.1. The van der Waals surface area contributed by atoms with Crippen molar-refractivity contribution in [1.82, 2.24) is 5.32 Å². The van der Waals surface area contributed by atoms with Crippen LogP contribution in [0.4, 0.5) is 10.5 Å². The minimum Gasteiger partial charge on any atom is -0.491 e. The van der Waals surface area contributed by atoms with E-state index in [4.69, 9.17) is 16.3 Å². The first-order valence-electron chi connectivity index (χ1n) is 8.34. The monoisotopic (exact) mass is 360 g/mol. The molecule has 2 aromatic carbocycles. The quantitative estimate of drug-likeness (QED) is 0.741. The maximum atomic E-state index is 12.1. The number of anilines is 1. The predicted molar refractivity (Wildman–Crippen MR) is 104 cm³/mol. The molecule has 0 aromatic heterocycles. The van der Waals surface area contributed by atoms with E-state index in [0.29, 0.717) is 11.6 Å². The zero-order valence-corrected chi connectivity index (χ0v) is 15.9. The van der Waals surface area contributed by atoms with Gasteiger partial charge in [0.1, 0.15) is 5.75 Å². The molecule has 0 saturated carbocycles. The van der Waals surface area contributed by atoms with Gasteiger partial charge in [-0.15, -0.1) is 0 Å². The van der Waals surface area contributed by atoms with Crippen LogP contribution in [0.5, 0.6) is 5.75 Å². The van der Waals surface area contributed by atoms with Crippen LogP contribution in [0, 0.1) is 0 Å². The van der Waals surface area contributed by atoms with Gasteiger partial charge >= 0.3 is 6.03 Å². The van der Waals surface area contributed by atoms with E-state index in [2.05, 4.69) is 24.5 Å². The molecule has 0 radical (unpaired) electrons. The van der Waals surface area contributed by atoms with Gasteiger partial charge in [-0.25, -0.2) is 4.79 Å². The Morgan fingerprint density at radius 3 is 2.24 bits per heavy atom. The lowest BCUT2D eigenvalue weighted by atomic mass is 9.85. The van der Waals surface area contributed by atoms with Gasteiger partial charge in [-0.2, -0.15) is 0 Å². The Morgan fingerprint density at radius 2 is 1.68 bits per heavy atom. The van der Waals surface area contributed by atoms with Gasteiger partial charge in [0.15, 0.2) is 0 Å². The number of carbonyl (C=O) groups excluding carboxylic acids is 1. The molecule has 0 saturated heterocycles. The van der Waals surface area contributed by atoms with Crippen LogP contribution in [0.2, 0.25) is 5.02 Å². The van der Waals surface area contributed by atoms with Gasteiger partial charge in [-0.05, 0) is 55.8 Å². The number of nitrogens with one attached hydrogen (secondary N) is 2. The van der Waals surface area contributed by atoms with Crippen LogP contribution in [-0.2, 0) is 5.41 Å². The maximum Gasteiger partial charge on any atom is 0.319 e. The fourth-order valence-corrected chi connectivity index (χ4v) is 2.49. The lowest BCUT2D eigenvalue weighted by Gasteiger charge is -2.25. The summed E-state index contributed by atoms with van der Waals surface area (Å²) >= 11 is 5.93. The third kappa shape index (κ3) is 5.98. The van der Waals surface area contributed by atoms with E-state index in [1.165, 1.54) is 0 Å². The highest BCUT2D eigenvalue weighted by Gasteiger charge is 2.21. The topological polar surface area (TPSA) is 50.4 Å². The molecule has 25 heavy (non-hydrogen) atoms. The molecular formula is C20H25ClN2O2. The van der Waals surface area contributed by atoms with Crippen molar-refractivity contribution in [3.8, 4) is 5.75 Å². The molecule has 5 heteroatoms. The summed E-state index contributed by atoms with van der Waals surface area (Å²) in [6, 6.07) is 14.8. The summed E-state index contributed by atoms with van der Waals surface area (Å²) in [5, 5.41) is 6.45. The van der Waals surface area contributed by atoms with Crippen LogP contribution in [0.15, 0.2) is 48.5 Å². The average molecular weight is 361 g/mol. The van der Waals surface area contributed by atoms with Crippen molar-refractivity contribution in [2.75, 3.05) is 11.9 Å². The lowest BCUT2D eigenvalue weighted by Crippen LogP contribution is -2.38. The number of benzene rings is 2. The van der Waals surface area contributed by atoms with Crippen molar-refractivity contribution < 1.29 is 9.53 Å². The number of halogens is 1. The van der Waals surface area contributed by atoms with E-state index in [1.807, 2.05) is 62.4 Å². The second-order valence-corrected chi connectivity index (χ2v) is 7.33. The van der Waals surface area contributed by atoms with Crippen LogP contribution in [0.25, 0.3) is 0 Å². The Kier molecular flexibility index (Phi) is 6.32. The summed E-state index contributed by atoms with van der Waals surface area (Å²) in [5.74, 6) is 0.782. The molecule has 2 rings (SSSR count). The first-order chi connectivity index (χ1) is 11.8. The third-order valence-corrected chi connectivity index (χ3v) is 4.05. The molecule has 2 aromatic rings. The van der Waals surface area contributed by atoms with E-state index in [1.54, 1.807) is 0 Å². The number of hydrogen-bond acceptors (Lipinski definition) is 2. The number of rotatable bonds is 6. The average Bonchev–Trinajstić information content (AvgIpc) is 2.55. The first kappa shape index (κ1) is 19.1. The van der Waals surface area contributed by atoms with E-state index >= 15 is 0 Å². The van der Waals surface area contributed by atoms with Gasteiger partial charge in [-0.1, -0.05) is 37.6 Å².